The summed E-state index contributed by atoms with van der Waals surface area (Å²) in [7, 11) is 0. The van der Waals surface area contributed by atoms with Gasteiger partial charge in [-0.2, -0.15) is 0 Å². The lowest BCUT2D eigenvalue weighted by Gasteiger charge is -2.61. The van der Waals surface area contributed by atoms with E-state index >= 15 is 0 Å². The Morgan fingerprint density at radius 3 is 2.30 bits per heavy atom. The van der Waals surface area contributed by atoms with Crippen molar-refractivity contribution < 1.29 is 8.78 Å². The molecule has 4 rings (SSSR count). The Morgan fingerprint density at radius 1 is 0.826 bits per heavy atom. The maximum Gasteiger partial charge on any atom is 0.248 e. The van der Waals surface area contributed by atoms with Gasteiger partial charge in [-0.1, -0.05) is 27.2 Å². The summed E-state index contributed by atoms with van der Waals surface area (Å²) in [6, 6.07) is 0. The lowest BCUT2D eigenvalue weighted by atomic mass is 9.44. The van der Waals surface area contributed by atoms with Crippen molar-refractivity contribution in [3.63, 3.8) is 0 Å². The predicted octanol–water partition coefficient (Wildman–Crippen LogP) is 6.69. The number of halogens is 2. The first kappa shape index (κ1) is 16.3. The highest BCUT2D eigenvalue weighted by atomic mass is 19.3. The molecular weight excluding hydrogens is 290 g/mol. The van der Waals surface area contributed by atoms with Crippen LogP contribution in [0.3, 0.4) is 0 Å². The Hall–Kier alpha value is -0.140. The van der Waals surface area contributed by atoms with E-state index in [9.17, 15) is 8.78 Å². The molecule has 0 spiro atoms. The number of hydrogen-bond acceptors (Lipinski definition) is 0. The van der Waals surface area contributed by atoms with Crippen molar-refractivity contribution in [2.75, 3.05) is 0 Å². The highest BCUT2D eigenvalue weighted by molar-refractivity contribution is 5.09. The largest absolute Gasteiger partial charge is 0.248 e. The van der Waals surface area contributed by atoms with Gasteiger partial charge in [-0.05, 0) is 85.4 Å². The van der Waals surface area contributed by atoms with E-state index in [0.717, 1.165) is 36.5 Å². The van der Waals surface area contributed by atoms with Crippen LogP contribution in [0.5, 0.6) is 0 Å². The Morgan fingerprint density at radius 2 is 1.57 bits per heavy atom. The molecule has 4 aliphatic carbocycles. The molecule has 0 aliphatic heterocycles. The molecule has 0 radical (unpaired) electrons. The Bertz CT molecular complexity index is 472. The number of fused-ring (bicyclic) bond motifs is 5. The highest BCUT2D eigenvalue weighted by Gasteiger charge is 2.61. The maximum atomic E-state index is 13.9. The topological polar surface area (TPSA) is 0 Å². The van der Waals surface area contributed by atoms with Crippen molar-refractivity contribution in [2.24, 2.45) is 40.4 Å². The van der Waals surface area contributed by atoms with Gasteiger partial charge in [-0.15, -0.1) is 0 Å². The van der Waals surface area contributed by atoms with Gasteiger partial charge in [0.05, 0.1) is 0 Å². The lowest BCUT2D eigenvalue weighted by Crippen LogP contribution is -2.54. The molecule has 0 aromatic heterocycles. The van der Waals surface area contributed by atoms with Crippen LogP contribution in [0.25, 0.3) is 0 Å². The molecule has 0 aromatic rings. The molecule has 0 nitrogen and oxygen atoms in total. The monoisotopic (exact) mass is 324 g/mol. The third kappa shape index (κ3) is 2.25. The van der Waals surface area contributed by atoms with Crippen molar-refractivity contribution in [2.45, 2.75) is 90.9 Å². The van der Waals surface area contributed by atoms with Crippen molar-refractivity contribution >= 4 is 0 Å². The van der Waals surface area contributed by atoms with Gasteiger partial charge in [-0.3, -0.25) is 0 Å². The van der Waals surface area contributed by atoms with Crippen LogP contribution in [0.15, 0.2) is 0 Å². The summed E-state index contributed by atoms with van der Waals surface area (Å²) in [5, 5.41) is 0. The lowest BCUT2D eigenvalue weighted by molar-refractivity contribution is -0.163. The molecule has 1 unspecified atom stereocenters. The molecule has 0 bridgehead atoms. The third-order valence-corrected chi connectivity index (χ3v) is 9.33. The van der Waals surface area contributed by atoms with Gasteiger partial charge in [0.25, 0.3) is 0 Å². The van der Waals surface area contributed by atoms with Crippen LogP contribution >= 0.6 is 0 Å². The van der Waals surface area contributed by atoms with E-state index in [2.05, 4.69) is 20.8 Å². The van der Waals surface area contributed by atoms with Crippen LogP contribution in [0, 0.1) is 40.4 Å². The minimum atomic E-state index is -2.39. The van der Waals surface area contributed by atoms with E-state index in [1.165, 1.54) is 38.5 Å². The number of alkyl halides is 2. The van der Waals surface area contributed by atoms with Crippen molar-refractivity contribution in [3.8, 4) is 0 Å². The maximum absolute atomic E-state index is 13.9. The van der Waals surface area contributed by atoms with Crippen molar-refractivity contribution in [1.29, 1.82) is 0 Å². The molecule has 4 aliphatic rings. The summed E-state index contributed by atoms with van der Waals surface area (Å²) < 4.78 is 27.9. The third-order valence-electron chi connectivity index (χ3n) is 9.33. The zero-order valence-electron chi connectivity index (χ0n) is 15.2. The van der Waals surface area contributed by atoms with Gasteiger partial charge in [0.2, 0.25) is 5.92 Å². The highest BCUT2D eigenvalue weighted by Crippen LogP contribution is 2.68. The van der Waals surface area contributed by atoms with Gasteiger partial charge < -0.3 is 0 Å². The molecule has 2 heteroatoms. The summed E-state index contributed by atoms with van der Waals surface area (Å²) in [6.07, 6.45) is 10.2. The molecule has 7 atom stereocenters. The van der Waals surface area contributed by atoms with E-state index < -0.39 is 5.92 Å². The molecule has 0 amide bonds. The van der Waals surface area contributed by atoms with Gasteiger partial charge in [0.1, 0.15) is 0 Å². The molecule has 132 valence electrons. The van der Waals surface area contributed by atoms with Crippen LogP contribution < -0.4 is 0 Å². The van der Waals surface area contributed by atoms with Crippen LogP contribution in [0.1, 0.15) is 85.0 Å². The first-order chi connectivity index (χ1) is 10.8. The molecule has 23 heavy (non-hydrogen) atoms. The smallest absolute Gasteiger partial charge is 0.207 e. The second-order valence-corrected chi connectivity index (χ2v) is 9.94. The molecule has 4 saturated carbocycles. The molecular formula is C21H34F2. The Labute approximate surface area is 140 Å². The van der Waals surface area contributed by atoms with E-state index in [0.29, 0.717) is 5.41 Å². The zero-order chi connectivity index (χ0) is 16.5. The fraction of sp³-hybridized carbons (Fsp3) is 1.00. The SMILES string of the molecule is CC[C@H]1CC[C@H]2[C@@H]3CCC4CC(F)(F)CC[C@]4(C)[C@H]3CC[C@]12C. The second kappa shape index (κ2) is 5.18. The Kier molecular flexibility index (Phi) is 3.68. The van der Waals surface area contributed by atoms with Crippen molar-refractivity contribution in [3.05, 3.63) is 0 Å². The predicted molar refractivity (Wildman–Crippen MR) is 90.5 cm³/mol. The molecule has 0 N–H and O–H groups in total. The van der Waals surface area contributed by atoms with Crippen molar-refractivity contribution in [1.82, 2.24) is 0 Å². The van der Waals surface area contributed by atoms with Gasteiger partial charge in [-0.25, -0.2) is 8.78 Å². The quantitative estimate of drug-likeness (QED) is 0.504. The van der Waals surface area contributed by atoms with Gasteiger partial charge >= 0.3 is 0 Å². The standard InChI is InChI=1S/C21H34F2/c1-4-14-6-8-17-16-7-5-15-13-21(22,23)12-11-20(15,3)18(16)9-10-19(14,17)2/h14-18H,4-13H2,1-3H3/t14-,15?,16-,17-,18-,19+,20-/m0/s1. The summed E-state index contributed by atoms with van der Waals surface area (Å²) in [4.78, 5) is 0. The zero-order valence-corrected chi connectivity index (χ0v) is 15.2. The first-order valence-corrected chi connectivity index (χ1v) is 10.2. The van der Waals surface area contributed by atoms with E-state index in [1.54, 1.807) is 0 Å². The molecule has 0 saturated heterocycles. The minimum absolute atomic E-state index is 0.142. The van der Waals surface area contributed by atoms with Crippen LogP contribution in [0.2, 0.25) is 0 Å². The fourth-order valence-corrected chi connectivity index (χ4v) is 7.95. The average molecular weight is 324 g/mol. The summed E-state index contributed by atoms with van der Waals surface area (Å²) >= 11 is 0. The van der Waals surface area contributed by atoms with E-state index in [1.807, 2.05) is 0 Å². The minimum Gasteiger partial charge on any atom is -0.207 e. The summed E-state index contributed by atoms with van der Waals surface area (Å²) in [5.74, 6) is 1.24. The molecule has 4 fully saturated rings. The molecule has 0 heterocycles. The van der Waals surface area contributed by atoms with Crippen LogP contribution in [-0.2, 0) is 0 Å². The van der Waals surface area contributed by atoms with Crippen LogP contribution in [-0.4, -0.2) is 5.92 Å². The van der Waals surface area contributed by atoms with Gasteiger partial charge in [0, 0.05) is 12.8 Å². The average Bonchev–Trinajstić information content (AvgIpc) is 2.84. The first-order valence-electron chi connectivity index (χ1n) is 10.2. The fourth-order valence-electron chi connectivity index (χ4n) is 7.95. The van der Waals surface area contributed by atoms with Crippen LogP contribution in [0.4, 0.5) is 8.78 Å². The number of rotatable bonds is 1. The summed E-state index contributed by atoms with van der Waals surface area (Å²) in [6.45, 7) is 7.32. The Balaban J connectivity index is 1.60. The van der Waals surface area contributed by atoms with E-state index in [-0.39, 0.29) is 24.2 Å². The second-order valence-electron chi connectivity index (χ2n) is 9.94. The van der Waals surface area contributed by atoms with E-state index in [4.69, 9.17) is 0 Å². The molecule has 0 aromatic carbocycles. The summed E-state index contributed by atoms with van der Waals surface area (Å²) in [5.41, 5.74) is 0.758. The normalized spacial score (nSPS) is 54.9. The number of hydrogen-bond donors (Lipinski definition) is 0. The van der Waals surface area contributed by atoms with Gasteiger partial charge in [0.15, 0.2) is 0 Å².